The molecule has 36 heavy (non-hydrogen) atoms. The van der Waals surface area contributed by atoms with Crippen LogP contribution >= 0.6 is 11.8 Å². The van der Waals surface area contributed by atoms with Crippen molar-refractivity contribution in [2.75, 3.05) is 26.3 Å². The third-order valence-corrected chi connectivity index (χ3v) is 6.84. The number of benzene rings is 2. The van der Waals surface area contributed by atoms with Crippen LogP contribution in [0.1, 0.15) is 30.6 Å². The Morgan fingerprint density at radius 1 is 1.17 bits per heavy atom. The van der Waals surface area contributed by atoms with Gasteiger partial charge < -0.3 is 14.4 Å². The third-order valence-electron chi connectivity index (χ3n) is 5.94. The lowest BCUT2D eigenvalue weighted by Gasteiger charge is -2.26. The quantitative estimate of drug-likeness (QED) is 0.603. The van der Waals surface area contributed by atoms with Crippen LogP contribution in [0.15, 0.2) is 70.3 Å². The van der Waals surface area contributed by atoms with Gasteiger partial charge in [0.25, 0.3) is 5.91 Å². The number of carbonyl (C=O) groups excluding carboxylic acids is 2. The van der Waals surface area contributed by atoms with Crippen molar-refractivity contribution in [3.05, 3.63) is 71.3 Å². The number of carbonyl (C=O) groups is 2. The van der Waals surface area contributed by atoms with Gasteiger partial charge in [-0.3, -0.25) is 15.0 Å². The van der Waals surface area contributed by atoms with Gasteiger partial charge in [-0.2, -0.15) is 15.1 Å². The minimum absolute atomic E-state index is 0.0532. The molecule has 2 aromatic rings. The summed E-state index contributed by atoms with van der Waals surface area (Å²) in [6, 6.07) is 17.3. The molecule has 10 heteroatoms. The highest BCUT2D eigenvalue weighted by molar-refractivity contribution is 8.27. The maximum atomic E-state index is 12.7. The van der Waals surface area contributed by atoms with Crippen LogP contribution in [0.3, 0.4) is 0 Å². The average Bonchev–Trinajstić information content (AvgIpc) is 3.30. The summed E-state index contributed by atoms with van der Waals surface area (Å²) in [4.78, 5) is 31.1. The summed E-state index contributed by atoms with van der Waals surface area (Å²) in [5.41, 5.74) is 1.95. The van der Waals surface area contributed by atoms with E-state index >= 15 is 0 Å². The van der Waals surface area contributed by atoms with Crippen molar-refractivity contribution in [3.63, 3.8) is 0 Å². The van der Waals surface area contributed by atoms with Gasteiger partial charge in [-0.05, 0) is 48.0 Å². The van der Waals surface area contributed by atoms with Gasteiger partial charge in [0, 0.05) is 13.1 Å². The molecule has 184 valence electrons. The minimum Gasteiger partial charge on any atom is -0.486 e. The predicted molar refractivity (Wildman–Crippen MR) is 139 cm³/mol. The molecular weight excluding hydrogens is 478 g/mol. The molecular formula is C26H25N5O4S. The first-order valence-electron chi connectivity index (χ1n) is 11.6. The average molecular weight is 504 g/mol. The molecule has 0 aliphatic carbocycles. The van der Waals surface area contributed by atoms with Gasteiger partial charge in [-0.25, -0.2) is 0 Å². The van der Waals surface area contributed by atoms with Crippen LogP contribution in [0.4, 0.5) is 0 Å². The number of amidine groups is 2. The molecule has 3 heterocycles. The summed E-state index contributed by atoms with van der Waals surface area (Å²) in [5, 5.41) is 15.1. The molecule has 1 saturated heterocycles. The Morgan fingerprint density at radius 3 is 2.61 bits per heavy atom. The zero-order valence-electron chi connectivity index (χ0n) is 19.7. The van der Waals surface area contributed by atoms with Crippen molar-refractivity contribution in [3.8, 4) is 5.75 Å². The molecule has 5 rings (SSSR count). The number of hydrogen-bond acceptors (Lipinski definition) is 7. The number of morpholine rings is 1. The normalized spacial score (nSPS) is 19.6. The van der Waals surface area contributed by atoms with E-state index in [0.29, 0.717) is 42.3 Å². The Labute approximate surface area is 213 Å². The summed E-state index contributed by atoms with van der Waals surface area (Å²) in [6.07, 6.45) is 1.61. The van der Waals surface area contributed by atoms with Crippen LogP contribution in [-0.4, -0.2) is 64.1 Å². The molecule has 1 N–H and O–H groups in total. The van der Waals surface area contributed by atoms with Gasteiger partial charge >= 0.3 is 0 Å². The first-order chi connectivity index (χ1) is 17.5. The lowest BCUT2D eigenvalue weighted by atomic mass is 10.1. The largest absolute Gasteiger partial charge is 0.486 e. The highest BCUT2D eigenvalue weighted by Gasteiger charge is 2.36. The molecule has 3 aliphatic heterocycles. The summed E-state index contributed by atoms with van der Waals surface area (Å²) in [6.45, 7) is 4.14. The van der Waals surface area contributed by atoms with Crippen molar-refractivity contribution in [1.82, 2.24) is 9.91 Å². The number of hydrazone groups is 1. The molecule has 2 amide bonds. The van der Waals surface area contributed by atoms with Crippen molar-refractivity contribution in [2.24, 2.45) is 10.1 Å². The Bertz CT molecular complexity index is 1270. The Kier molecular flexibility index (Phi) is 6.97. The highest BCUT2D eigenvalue weighted by atomic mass is 32.2. The molecule has 1 atom stereocenters. The standard InChI is InChI=1S/C26H25N5O4S/c1-17(19-5-3-2-4-6-19)35-20-9-7-18(8-10-20)15-21-24(27)31-26(28-25(21)33)36-22(29-31)16-23(32)30-11-13-34-14-12-30/h2-10,15,17,27H,11-14,16H2,1H3. The van der Waals surface area contributed by atoms with Gasteiger partial charge in [0.1, 0.15) is 16.9 Å². The Hall–Kier alpha value is -3.76. The van der Waals surface area contributed by atoms with Crippen LogP contribution in [0.2, 0.25) is 0 Å². The van der Waals surface area contributed by atoms with Gasteiger partial charge in [0.15, 0.2) is 5.84 Å². The first kappa shape index (κ1) is 24.0. The van der Waals surface area contributed by atoms with Crippen molar-refractivity contribution >= 4 is 45.7 Å². The van der Waals surface area contributed by atoms with E-state index in [2.05, 4.69) is 10.1 Å². The zero-order valence-corrected chi connectivity index (χ0v) is 20.5. The van der Waals surface area contributed by atoms with Crippen LogP contribution in [-0.2, 0) is 14.3 Å². The summed E-state index contributed by atoms with van der Waals surface area (Å²) < 4.78 is 11.3. The third kappa shape index (κ3) is 5.24. The molecule has 0 spiro atoms. The smallest absolute Gasteiger partial charge is 0.283 e. The molecule has 1 unspecified atom stereocenters. The second kappa shape index (κ2) is 10.5. The van der Waals surface area contributed by atoms with Crippen molar-refractivity contribution < 1.29 is 19.1 Å². The van der Waals surface area contributed by atoms with Crippen LogP contribution < -0.4 is 4.74 Å². The van der Waals surface area contributed by atoms with Gasteiger partial charge in [0.2, 0.25) is 11.1 Å². The molecule has 0 saturated carbocycles. The number of hydrogen-bond donors (Lipinski definition) is 1. The fraction of sp³-hybridized carbons (Fsp3) is 0.269. The molecule has 2 aromatic carbocycles. The van der Waals surface area contributed by atoms with E-state index < -0.39 is 5.91 Å². The number of nitrogens with zero attached hydrogens (tertiary/aromatic N) is 4. The number of aliphatic imine (C=N–C) groups is 1. The topological polar surface area (TPSA) is 108 Å². The van der Waals surface area contributed by atoms with E-state index in [9.17, 15) is 9.59 Å². The number of fused-ring (bicyclic) bond motifs is 1. The van der Waals surface area contributed by atoms with Crippen molar-refractivity contribution in [2.45, 2.75) is 19.4 Å². The monoisotopic (exact) mass is 503 g/mol. The second-order valence-electron chi connectivity index (χ2n) is 8.42. The van der Waals surface area contributed by atoms with Crippen LogP contribution in [0.5, 0.6) is 5.75 Å². The van der Waals surface area contributed by atoms with E-state index in [1.807, 2.05) is 61.5 Å². The second-order valence-corrected chi connectivity index (χ2v) is 9.46. The minimum atomic E-state index is -0.507. The number of amides is 2. The molecule has 0 aromatic heterocycles. The fourth-order valence-electron chi connectivity index (χ4n) is 3.96. The maximum absolute atomic E-state index is 12.7. The van der Waals surface area contributed by atoms with E-state index in [1.54, 1.807) is 11.0 Å². The van der Waals surface area contributed by atoms with Crippen molar-refractivity contribution in [1.29, 1.82) is 5.41 Å². The summed E-state index contributed by atoms with van der Waals surface area (Å²) in [5.74, 6) is 0.0774. The molecule has 1 fully saturated rings. The van der Waals surface area contributed by atoms with Gasteiger partial charge in [-0.15, -0.1) is 0 Å². The van der Waals surface area contributed by atoms with E-state index in [1.165, 1.54) is 5.01 Å². The summed E-state index contributed by atoms with van der Waals surface area (Å²) in [7, 11) is 0. The van der Waals surface area contributed by atoms with Gasteiger partial charge in [0.05, 0.1) is 25.2 Å². The Balaban J connectivity index is 1.26. The van der Waals surface area contributed by atoms with E-state index in [-0.39, 0.29) is 29.8 Å². The predicted octanol–water partition coefficient (Wildman–Crippen LogP) is 3.69. The van der Waals surface area contributed by atoms with E-state index in [4.69, 9.17) is 14.9 Å². The van der Waals surface area contributed by atoms with Gasteiger partial charge in [-0.1, -0.05) is 42.5 Å². The maximum Gasteiger partial charge on any atom is 0.283 e. The molecule has 9 nitrogen and oxygen atoms in total. The van der Waals surface area contributed by atoms with E-state index in [0.717, 1.165) is 22.9 Å². The SMILES string of the molecule is CC(Oc1ccc(C=C2C(=N)N3N=C(CC(=O)N4CCOCC4)SC3=NC2=O)cc1)c1ccccc1. The zero-order chi connectivity index (χ0) is 25.1. The summed E-state index contributed by atoms with van der Waals surface area (Å²) >= 11 is 1.15. The number of thioether (sulfide) groups is 1. The lowest BCUT2D eigenvalue weighted by molar-refractivity contribution is -0.133. The van der Waals surface area contributed by atoms with Crippen LogP contribution in [0.25, 0.3) is 6.08 Å². The highest BCUT2D eigenvalue weighted by Crippen LogP contribution is 2.30. The Morgan fingerprint density at radius 2 is 1.89 bits per heavy atom. The number of nitrogens with one attached hydrogen (secondary N) is 1. The molecule has 3 aliphatic rings. The fourth-order valence-corrected chi connectivity index (χ4v) is 4.84. The van der Waals surface area contributed by atoms with Crippen LogP contribution in [0, 0.1) is 5.41 Å². The lowest BCUT2D eigenvalue weighted by Crippen LogP contribution is -2.41. The molecule has 0 radical (unpaired) electrons. The number of ether oxygens (including phenoxy) is 2. The molecule has 0 bridgehead atoms. The number of rotatable bonds is 6. The first-order valence-corrected chi connectivity index (χ1v) is 12.5.